The van der Waals surface area contributed by atoms with Gasteiger partial charge in [0.2, 0.25) is 23.8 Å². The van der Waals surface area contributed by atoms with Crippen LogP contribution in [0, 0.1) is 48.3 Å². The monoisotopic (exact) mass is 1410 g/mol. The molecule has 4 aromatic heterocycles. The summed E-state index contributed by atoms with van der Waals surface area (Å²) in [4.78, 5) is 57.5. The number of hydrogen-bond donors (Lipinski definition) is 4. The molecule has 22 nitrogen and oxygen atoms in total. The summed E-state index contributed by atoms with van der Waals surface area (Å²) in [6, 6.07) is 26.3. The maximum Gasteiger partial charge on any atom is 0.227 e. The van der Waals surface area contributed by atoms with Gasteiger partial charge < -0.3 is 45.4 Å². The van der Waals surface area contributed by atoms with Crippen molar-refractivity contribution >= 4 is 96.2 Å². The van der Waals surface area contributed by atoms with E-state index in [2.05, 4.69) is 143 Å². The molecule has 0 spiro atoms. The van der Waals surface area contributed by atoms with Crippen LogP contribution in [0.5, 0.6) is 0 Å². The summed E-state index contributed by atoms with van der Waals surface area (Å²) >= 11 is 1.78. The van der Waals surface area contributed by atoms with E-state index in [1.54, 1.807) is 16.2 Å². The van der Waals surface area contributed by atoms with Crippen molar-refractivity contribution in [1.82, 2.24) is 34.8 Å². The minimum Gasteiger partial charge on any atom is -0.394 e. The summed E-state index contributed by atoms with van der Waals surface area (Å²) in [6.45, 7) is 15.7. The molecule has 9 aliphatic rings. The molecule has 15 rings (SSSR count). The van der Waals surface area contributed by atoms with Crippen LogP contribution in [0.1, 0.15) is 122 Å². The summed E-state index contributed by atoms with van der Waals surface area (Å²) < 4.78 is 43.4. The van der Waals surface area contributed by atoms with Gasteiger partial charge in [-0.25, -0.2) is 15.0 Å². The van der Waals surface area contributed by atoms with Gasteiger partial charge in [-0.1, -0.05) is 79.6 Å². The normalized spacial score (nSPS) is 22.9. The van der Waals surface area contributed by atoms with Gasteiger partial charge in [-0.3, -0.25) is 22.4 Å². The van der Waals surface area contributed by atoms with Crippen LogP contribution in [0.15, 0.2) is 91.8 Å². The van der Waals surface area contributed by atoms with Gasteiger partial charge in [0.1, 0.15) is 32.1 Å². The number of aliphatic hydroxyl groups is 1. The van der Waals surface area contributed by atoms with Crippen LogP contribution in [0.3, 0.4) is 0 Å². The average Bonchev–Trinajstić information content (AvgIpc) is 1.76. The number of ether oxygens (including phenoxy) is 1. The third-order valence-corrected chi connectivity index (χ3v) is 26.4. The number of fused-ring (bicyclic) bond motifs is 3. The summed E-state index contributed by atoms with van der Waals surface area (Å²) in [5.41, 5.74) is 8.78. The highest BCUT2D eigenvalue weighted by Gasteiger charge is 2.41. The number of anilines is 6. The molecule has 3 unspecified atom stereocenters. The molecule has 0 bridgehead atoms. The highest BCUT2D eigenvalue weighted by Crippen LogP contribution is 2.41. The zero-order valence-electron chi connectivity index (χ0n) is 57.3. The summed E-state index contributed by atoms with van der Waals surface area (Å²) in [5.74, 6) is 6.64. The molecule has 26 heteroatoms. The number of allylic oxidation sites excluding steroid dienone is 1. The standard InChI is InChI=1S/C25H30N6O2S.C24H31N5O2S2.C24H29N5O2S/c1-17-3-5-18(6-4-17)25(16-26)10-12-31(13-11-25)24-28-20-9-14-34(33)22(20)23(29-24)27-19-7-8-21(32)30(2)15-19;1-15(2)20(14-30)26-23-22-18(7-11-33(22)31)27-24(28-23)29-8-5-16(6-9-29)19-12-17(13-25-19)21-4-3-10-32-21;1-17-2-4-18(5-3-17)24(16-25)9-11-29(12-10-24)23-27-20-8-15-32(30)21(20)22(28-23)26-19-6-13-31-14-7-19/h3-6,19H,7-15H2,1-2H3,(H,27,28,29);3-4,10,12,15-16,20,30H,5-9,11,13-14H2,1-2H3,(H,26,27,28);2-5,19H,6-15H2,1H3,(H,26,27,28)/t19-,34?;20-,33?;/m00./s1. The van der Waals surface area contributed by atoms with Crippen LogP contribution in [0.25, 0.3) is 5.57 Å². The SMILES string of the molecule is CC(C)[C@H](CO)Nc1nc(N2CCC(C3=NCC(c4cccs4)=C3)CC2)nc2c1S(=O)CC2.Cc1ccc(C2(C#N)CCN(c3nc4c(c(NC5CCOCC5)n3)S(=O)CC4)CC2)cc1.Cc1ccc(C2(C#N)CCN(c3nc4c(c(N[C@H]5CCC(=O)N(C)C5)n3)S(=O)CC4)CC2)cc1. The molecule has 5 saturated heterocycles. The Morgan fingerprint density at radius 2 is 1.11 bits per heavy atom. The van der Waals surface area contributed by atoms with E-state index in [9.17, 15) is 33.1 Å². The Labute approximate surface area is 592 Å². The summed E-state index contributed by atoms with van der Waals surface area (Å²) in [7, 11) is -1.44. The van der Waals surface area contributed by atoms with Gasteiger partial charge in [-0.15, -0.1) is 11.3 Å². The van der Waals surface area contributed by atoms with Crippen molar-refractivity contribution in [1.29, 1.82) is 10.5 Å². The van der Waals surface area contributed by atoms with E-state index >= 15 is 0 Å². The Morgan fingerprint density at radius 1 is 0.636 bits per heavy atom. The molecule has 4 N–H and O–H groups in total. The van der Waals surface area contributed by atoms with Crippen LogP contribution in [-0.4, -0.2) is 179 Å². The van der Waals surface area contributed by atoms with Crippen molar-refractivity contribution in [3.63, 3.8) is 0 Å². The van der Waals surface area contributed by atoms with Gasteiger partial charge in [0, 0.05) is 138 Å². The number of rotatable bonds is 15. The second-order valence-electron chi connectivity index (χ2n) is 27.9. The number of nitrogens with one attached hydrogen (secondary N) is 3. The number of benzene rings is 2. The van der Waals surface area contributed by atoms with E-state index in [0.717, 1.165) is 141 Å². The van der Waals surface area contributed by atoms with Gasteiger partial charge >= 0.3 is 0 Å². The Bertz CT molecular complexity index is 4150. The molecule has 5 atom stereocenters. The van der Waals surface area contributed by atoms with Crippen LogP contribution in [-0.2, 0) is 72.0 Å². The van der Waals surface area contributed by atoms with Crippen LogP contribution < -0.4 is 30.7 Å². The number of likely N-dealkylation sites (N-methyl/N-ethyl adjacent to an activating group) is 1. The molecule has 6 aromatic rings. The van der Waals surface area contributed by atoms with Crippen molar-refractivity contribution < 1.29 is 27.3 Å². The van der Waals surface area contributed by atoms with Crippen molar-refractivity contribution in [3.05, 3.63) is 116 Å². The predicted octanol–water partition coefficient (Wildman–Crippen LogP) is 9.03. The first-order valence-electron chi connectivity index (χ1n) is 35.1. The van der Waals surface area contributed by atoms with E-state index in [1.165, 1.54) is 27.3 Å². The number of aryl methyl sites for hydroxylation is 5. The second-order valence-corrected chi connectivity index (χ2v) is 33.4. The van der Waals surface area contributed by atoms with Gasteiger partial charge in [0.05, 0.1) is 91.6 Å². The lowest BCUT2D eigenvalue weighted by atomic mass is 9.74. The van der Waals surface area contributed by atoms with Gasteiger partial charge in [-0.2, -0.15) is 25.5 Å². The topological polar surface area (TPSA) is 284 Å². The Balaban J connectivity index is 0.000000133. The number of carbonyl (C=O) groups is 1. The number of aliphatic imine (C=N–C) groups is 1. The summed E-state index contributed by atoms with van der Waals surface area (Å²) in [6.07, 6.45) is 12.4. The van der Waals surface area contributed by atoms with Crippen molar-refractivity contribution in [3.8, 4) is 12.1 Å². The fourth-order valence-corrected chi connectivity index (χ4v) is 19.4. The molecular formula is C73H90N16O6S4. The molecule has 0 radical (unpaired) electrons. The van der Waals surface area contributed by atoms with E-state index in [0.29, 0.717) is 109 Å². The molecule has 2 aromatic carbocycles. The zero-order valence-corrected chi connectivity index (χ0v) is 60.6. The third-order valence-electron chi connectivity index (χ3n) is 21.1. The van der Waals surface area contributed by atoms with Crippen LogP contribution in [0.4, 0.5) is 35.3 Å². The fourth-order valence-electron chi connectivity index (χ4n) is 14.8. The first-order valence-corrected chi connectivity index (χ1v) is 39.9. The fraction of sp³-hybridized carbons (Fsp3) is 0.534. The average molecular weight is 1420 g/mol. The minimum atomic E-state index is -1.11. The largest absolute Gasteiger partial charge is 0.394 e. The minimum absolute atomic E-state index is 0.00684. The number of aromatic nitrogens is 6. The maximum absolute atomic E-state index is 12.7. The molecule has 1 amide bonds. The summed E-state index contributed by atoms with van der Waals surface area (Å²) in [5, 5.41) is 42.4. The number of nitrogens with zero attached hydrogens (tertiary/aromatic N) is 13. The van der Waals surface area contributed by atoms with E-state index < -0.39 is 43.2 Å². The number of likely N-dealkylation sites (tertiary alicyclic amines) is 1. The zero-order chi connectivity index (χ0) is 69.0. The second kappa shape index (κ2) is 30.7. The highest BCUT2D eigenvalue weighted by molar-refractivity contribution is 7.86. The number of amides is 1. The Morgan fingerprint density at radius 3 is 1.57 bits per heavy atom. The van der Waals surface area contributed by atoms with E-state index in [1.807, 2.05) is 7.05 Å². The van der Waals surface area contributed by atoms with E-state index in [-0.39, 0.29) is 36.6 Å². The Hall–Kier alpha value is -7.59. The number of hydrogen-bond acceptors (Lipinski definition) is 22. The first kappa shape index (κ1) is 69.9. The van der Waals surface area contributed by atoms with Gasteiger partial charge in [-0.05, 0) is 112 Å². The van der Waals surface area contributed by atoms with E-state index in [4.69, 9.17) is 39.6 Å². The molecule has 522 valence electrons. The number of thiophene rings is 1. The highest BCUT2D eigenvalue weighted by atomic mass is 32.2. The van der Waals surface area contributed by atoms with Gasteiger partial charge in [0.25, 0.3) is 0 Å². The van der Waals surface area contributed by atoms with Crippen molar-refractivity contribution in [2.45, 2.75) is 155 Å². The van der Waals surface area contributed by atoms with Gasteiger partial charge in [0.15, 0.2) is 0 Å². The molecule has 13 heterocycles. The molecule has 9 aliphatic heterocycles. The Kier molecular flexibility index (Phi) is 21.7. The predicted molar refractivity (Wildman–Crippen MR) is 391 cm³/mol. The molecule has 5 fully saturated rings. The quantitative estimate of drug-likeness (QED) is 0.0745. The lowest BCUT2D eigenvalue weighted by molar-refractivity contribution is -0.132. The third kappa shape index (κ3) is 15.4. The number of carbonyl (C=O) groups excluding carboxylic acids is 1. The number of nitriles is 2. The number of aliphatic hydroxyl groups excluding tert-OH is 1. The van der Waals surface area contributed by atoms with Crippen molar-refractivity contribution in [2.75, 3.05) is 127 Å². The van der Waals surface area contributed by atoms with Crippen LogP contribution >= 0.6 is 11.3 Å². The molecule has 0 aliphatic carbocycles. The number of piperidine rings is 4. The lowest BCUT2D eigenvalue weighted by Gasteiger charge is -2.38. The molecule has 99 heavy (non-hydrogen) atoms. The lowest BCUT2D eigenvalue weighted by Crippen LogP contribution is -2.44. The smallest absolute Gasteiger partial charge is 0.227 e. The molecular weight excluding hydrogens is 1330 g/mol. The van der Waals surface area contributed by atoms with Crippen LogP contribution in [0.2, 0.25) is 0 Å². The van der Waals surface area contributed by atoms with Crippen molar-refractivity contribution in [2.24, 2.45) is 16.8 Å². The first-order chi connectivity index (χ1) is 48.0. The molecule has 0 saturated carbocycles. The maximum atomic E-state index is 12.7.